The van der Waals surface area contributed by atoms with Crippen LogP contribution in [0, 0.1) is 0 Å². The van der Waals surface area contributed by atoms with Gasteiger partial charge in [-0.3, -0.25) is 14.5 Å². The summed E-state index contributed by atoms with van der Waals surface area (Å²) < 4.78 is 0. The van der Waals surface area contributed by atoms with E-state index in [1.165, 1.54) is 4.90 Å². The normalized spacial score (nSPS) is 19.2. The van der Waals surface area contributed by atoms with Gasteiger partial charge in [0.05, 0.1) is 6.54 Å². The lowest BCUT2D eigenvalue weighted by Gasteiger charge is -2.35. The highest BCUT2D eigenvalue weighted by molar-refractivity contribution is 6.02. The van der Waals surface area contributed by atoms with Crippen LogP contribution in [0.3, 0.4) is 0 Å². The standard InChI is InChI=1S/C17H18N4O3/c22-15-10-19-17(24)21(15)13-4-7-20(8-5-13)16(23)12-1-2-14-11(9-12)3-6-18-14/h1-3,6,9,13,18H,4-5,7-8,10H2,(H,19,24). The van der Waals surface area contributed by atoms with Crippen molar-refractivity contribution in [2.24, 2.45) is 0 Å². The molecule has 0 aliphatic carbocycles. The van der Waals surface area contributed by atoms with Gasteiger partial charge in [0, 0.05) is 41.8 Å². The molecule has 0 saturated carbocycles. The molecule has 24 heavy (non-hydrogen) atoms. The van der Waals surface area contributed by atoms with Crippen LogP contribution in [-0.4, -0.2) is 58.3 Å². The van der Waals surface area contributed by atoms with E-state index in [1.54, 1.807) is 4.90 Å². The Bertz CT molecular complexity index is 804. The maximum absolute atomic E-state index is 12.7. The van der Waals surface area contributed by atoms with Gasteiger partial charge < -0.3 is 15.2 Å². The molecule has 0 spiro atoms. The largest absolute Gasteiger partial charge is 0.361 e. The number of piperidine rings is 1. The topological polar surface area (TPSA) is 85.5 Å². The summed E-state index contributed by atoms with van der Waals surface area (Å²) in [5.41, 5.74) is 1.67. The molecule has 4 rings (SSSR count). The number of aromatic amines is 1. The summed E-state index contributed by atoms with van der Waals surface area (Å²) in [6.45, 7) is 1.17. The first-order valence-corrected chi connectivity index (χ1v) is 8.10. The average Bonchev–Trinajstić information content (AvgIpc) is 3.20. The Hall–Kier alpha value is -2.83. The number of likely N-dealkylation sites (tertiary alicyclic amines) is 1. The van der Waals surface area contributed by atoms with Crippen LogP contribution in [0.15, 0.2) is 30.5 Å². The number of amides is 4. The number of aromatic nitrogens is 1. The average molecular weight is 326 g/mol. The second-order valence-corrected chi connectivity index (χ2v) is 6.23. The van der Waals surface area contributed by atoms with Gasteiger partial charge in [0.15, 0.2) is 0 Å². The molecule has 0 unspecified atom stereocenters. The van der Waals surface area contributed by atoms with E-state index in [0.717, 1.165) is 10.9 Å². The zero-order chi connectivity index (χ0) is 16.7. The molecule has 2 aromatic rings. The molecule has 124 valence electrons. The minimum atomic E-state index is -0.317. The number of carbonyl (C=O) groups excluding carboxylic acids is 3. The summed E-state index contributed by atoms with van der Waals surface area (Å²) in [7, 11) is 0. The Morgan fingerprint density at radius 2 is 1.92 bits per heavy atom. The van der Waals surface area contributed by atoms with E-state index in [-0.39, 0.29) is 30.4 Å². The third-order valence-corrected chi connectivity index (χ3v) is 4.80. The van der Waals surface area contributed by atoms with Crippen molar-refractivity contribution in [3.63, 3.8) is 0 Å². The summed E-state index contributed by atoms with van der Waals surface area (Å²) in [5, 5.41) is 3.55. The van der Waals surface area contributed by atoms with Crippen LogP contribution >= 0.6 is 0 Å². The van der Waals surface area contributed by atoms with E-state index in [2.05, 4.69) is 10.3 Å². The van der Waals surface area contributed by atoms with Crippen molar-refractivity contribution in [2.45, 2.75) is 18.9 Å². The van der Waals surface area contributed by atoms with Crippen LogP contribution in [0.5, 0.6) is 0 Å². The van der Waals surface area contributed by atoms with Crippen LogP contribution in [-0.2, 0) is 4.79 Å². The third-order valence-electron chi connectivity index (χ3n) is 4.80. The Morgan fingerprint density at radius 1 is 1.12 bits per heavy atom. The van der Waals surface area contributed by atoms with Gasteiger partial charge in [-0.1, -0.05) is 0 Å². The molecule has 4 amide bonds. The smallest absolute Gasteiger partial charge is 0.324 e. The highest BCUT2D eigenvalue weighted by atomic mass is 16.2. The fourth-order valence-corrected chi connectivity index (χ4v) is 3.50. The quantitative estimate of drug-likeness (QED) is 0.816. The van der Waals surface area contributed by atoms with Crippen molar-refractivity contribution >= 4 is 28.7 Å². The lowest BCUT2D eigenvalue weighted by molar-refractivity contribution is -0.127. The molecule has 2 N–H and O–H groups in total. The van der Waals surface area contributed by atoms with Gasteiger partial charge in [0.2, 0.25) is 5.91 Å². The van der Waals surface area contributed by atoms with Gasteiger partial charge in [-0.05, 0) is 37.1 Å². The maximum Gasteiger partial charge on any atom is 0.324 e. The first kappa shape index (κ1) is 14.7. The van der Waals surface area contributed by atoms with E-state index in [0.29, 0.717) is 31.5 Å². The molecule has 2 aliphatic rings. The molecule has 7 heteroatoms. The fraction of sp³-hybridized carbons (Fsp3) is 0.353. The van der Waals surface area contributed by atoms with Crippen LogP contribution in [0.25, 0.3) is 10.9 Å². The molecule has 2 aliphatic heterocycles. The molecular weight excluding hydrogens is 308 g/mol. The minimum Gasteiger partial charge on any atom is -0.361 e. The third kappa shape index (κ3) is 2.42. The van der Waals surface area contributed by atoms with Crippen LogP contribution in [0.2, 0.25) is 0 Å². The van der Waals surface area contributed by atoms with Gasteiger partial charge in [0.1, 0.15) is 0 Å². The Morgan fingerprint density at radius 3 is 2.62 bits per heavy atom. The molecule has 0 atom stereocenters. The number of benzene rings is 1. The van der Waals surface area contributed by atoms with Crippen molar-refractivity contribution in [3.8, 4) is 0 Å². The number of nitrogens with zero attached hydrogens (tertiary/aromatic N) is 2. The summed E-state index contributed by atoms with van der Waals surface area (Å²) in [5.74, 6) is -0.184. The zero-order valence-electron chi connectivity index (χ0n) is 13.1. The molecular formula is C17H18N4O3. The second-order valence-electron chi connectivity index (χ2n) is 6.23. The SMILES string of the molecule is O=C(c1ccc2[nH]ccc2c1)N1CCC(N2C(=O)CNC2=O)CC1. The van der Waals surface area contributed by atoms with Crippen molar-refractivity contribution in [1.82, 2.24) is 20.1 Å². The van der Waals surface area contributed by atoms with Crippen LogP contribution in [0.4, 0.5) is 4.79 Å². The number of nitrogens with one attached hydrogen (secondary N) is 2. The van der Waals surface area contributed by atoms with Gasteiger partial charge in [-0.25, -0.2) is 4.79 Å². The Balaban J connectivity index is 1.44. The van der Waals surface area contributed by atoms with Crippen molar-refractivity contribution < 1.29 is 14.4 Å². The highest BCUT2D eigenvalue weighted by Crippen LogP contribution is 2.22. The number of H-pyrrole nitrogens is 1. The number of rotatable bonds is 2. The molecule has 7 nitrogen and oxygen atoms in total. The molecule has 1 aromatic heterocycles. The zero-order valence-corrected chi connectivity index (χ0v) is 13.1. The highest BCUT2D eigenvalue weighted by Gasteiger charge is 2.37. The summed E-state index contributed by atoms with van der Waals surface area (Å²) in [4.78, 5) is 42.4. The number of urea groups is 1. The summed E-state index contributed by atoms with van der Waals surface area (Å²) in [6, 6.07) is 7.12. The van der Waals surface area contributed by atoms with Gasteiger partial charge in [-0.2, -0.15) is 0 Å². The molecule has 1 aromatic carbocycles. The van der Waals surface area contributed by atoms with Crippen molar-refractivity contribution in [3.05, 3.63) is 36.0 Å². The summed E-state index contributed by atoms with van der Waals surface area (Å²) >= 11 is 0. The predicted octanol–water partition coefficient (Wildman–Crippen LogP) is 1.32. The monoisotopic (exact) mass is 326 g/mol. The van der Waals surface area contributed by atoms with Gasteiger partial charge in [-0.15, -0.1) is 0 Å². The van der Waals surface area contributed by atoms with Crippen molar-refractivity contribution in [2.75, 3.05) is 19.6 Å². The van der Waals surface area contributed by atoms with Gasteiger partial charge >= 0.3 is 6.03 Å². The van der Waals surface area contributed by atoms with E-state index >= 15 is 0 Å². The molecule has 2 saturated heterocycles. The van der Waals surface area contributed by atoms with E-state index < -0.39 is 0 Å². The van der Waals surface area contributed by atoms with E-state index in [1.807, 2.05) is 30.5 Å². The lowest BCUT2D eigenvalue weighted by atomic mass is 10.0. The molecule has 2 fully saturated rings. The Labute approximate surface area is 138 Å². The molecule has 0 radical (unpaired) electrons. The van der Waals surface area contributed by atoms with Crippen LogP contribution in [0.1, 0.15) is 23.2 Å². The maximum atomic E-state index is 12.7. The first-order valence-electron chi connectivity index (χ1n) is 8.10. The minimum absolute atomic E-state index is 0.00579. The van der Waals surface area contributed by atoms with Gasteiger partial charge in [0.25, 0.3) is 5.91 Å². The van der Waals surface area contributed by atoms with Crippen LogP contribution < -0.4 is 5.32 Å². The molecule has 0 bridgehead atoms. The van der Waals surface area contributed by atoms with E-state index in [4.69, 9.17) is 0 Å². The number of hydrogen-bond donors (Lipinski definition) is 2. The van der Waals surface area contributed by atoms with Crippen molar-refractivity contribution in [1.29, 1.82) is 0 Å². The number of carbonyl (C=O) groups is 3. The predicted molar refractivity (Wildman–Crippen MR) is 87.5 cm³/mol. The number of hydrogen-bond acceptors (Lipinski definition) is 3. The Kier molecular flexibility index (Phi) is 3.48. The number of fused-ring (bicyclic) bond motifs is 1. The fourth-order valence-electron chi connectivity index (χ4n) is 3.50. The first-order chi connectivity index (χ1) is 11.6. The summed E-state index contributed by atoms with van der Waals surface area (Å²) in [6.07, 6.45) is 3.09. The molecule has 3 heterocycles. The lowest BCUT2D eigenvalue weighted by Crippen LogP contribution is -2.49. The second kappa shape index (κ2) is 5.67. The van der Waals surface area contributed by atoms with E-state index in [9.17, 15) is 14.4 Å². The number of imide groups is 1.